The van der Waals surface area contributed by atoms with Crippen LogP contribution in [0.1, 0.15) is 28.7 Å². The van der Waals surface area contributed by atoms with Crippen molar-refractivity contribution >= 4 is 5.97 Å². The summed E-state index contributed by atoms with van der Waals surface area (Å²) in [6.07, 6.45) is 0.828. The minimum Gasteiger partial charge on any atom is -0.478 e. The van der Waals surface area contributed by atoms with Gasteiger partial charge in [0.05, 0.1) is 5.56 Å². The normalized spacial score (nSPS) is 10.3. The first-order valence-electron chi connectivity index (χ1n) is 5.78. The molecule has 0 unspecified atom stereocenters. The zero-order valence-corrected chi connectivity index (χ0v) is 10.3. The fourth-order valence-corrected chi connectivity index (χ4v) is 1.74. The number of rotatable bonds is 3. The van der Waals surface area contributed by atoms with E-state index in [9.17, 15) is 4.79 Å². The van der Waals surface area contributed by atoms with Gasteiger partial charge in [-0.3, -0.25) is 0 Å². The molecule has 18 heavy (non-hydrogen) atoms. The summed E-state index contributed by atoms with van der Waals surface area (Å²) in [4.78, 5) is 19.7. The van der Waals surface area contributed by atoms with Crippen molar-refractivity contribution in [1.29, 1.82) is 0 Å². The van der Waals surface area contributed by atoms with E-state index in [2.05, 4.69) is 9.97 Å². The van der Waals surface area contributed by atoms with Crippen LogP contribution in [0, 0.1) is 6.92 Å². The second-order valence-corrected chi connectivity index (χ2v) is 4.06. The first-order chi connectivity index (χ1) is 8.60. The third kappa shape index (κ3) is 2.53. The van der Waals surface area contributed by atoms with Crippen LogP contribution in [-0.4, -0.2) is 21.0 Å². The molecule has 2 aromatic rings. The summed E-state index contributed by atoms with van der Waals surface area (Å²) >= 11 is 0. The maximum Gasteiger partial charge on any atom is 0.335 e. The van der Waals surface area contributed by atoms with Gasteiger partial charge in [-0.15, -0.1) is 0 Å². The lowest BCUT2D eigenvalue weighted by Crippen LogP contribution is -1.99. The molecule has 2 rings (SSSR count). The molecule has 0 spiro atoms. The highest BCUT2D eigenvalue weighted by Crippen LogP contribution is 2.17. The molecule has 1 heterocycles. The van der Waals surface area contributed by atoms with Gasteiger partial charge >= 0.3 is 5.97 Å². The molecular formula is C14H14N2O2. The predicted molar refractivity (Wildman–Crippen MR) is 68.5 cm³/mol. The molecule has 0 atom stereocenters. The summed E-state index contributed by atoms with van der Waals surface area (Å²) in [5, 5.41) is 8.97. The van der Waals surface area contributed by atoms with Crippen molar-refractivity contribution in [1.82, 2.24) is 9.97 Å². The van der Waals surface area contributed by atoms with E-state index >= 15 is 0 Å². The summed E-state index contributed by atoms with van der Waals surface area (Å²) in [5.74, 6) is -0.366. The third-order valence-electron chi connectivity index (χ3n) is 2.64. The summed E-state index contributed by atoms with van der Waals surface area (Å²) in [6.45, 7) is 3.94. The molecule has 0 bridgehead atoms. The molecular weight excluding hydrogens is 228 g/mol. The number of benzene rings is 1. The summed E-state index contributed by atoms with van der Waals surface area (Å²) in [6, 6.07) is 8.61. The maximum atomic E-state index is 10.9. The minimum absolute atomic E-state index is 0.246. The van der Waals surface area contributed by atoms with Crippen molar-refractivity contribution < 1.29 is 9.90 Å². The highest BCUT2D eigenvalue weighted by molar-refractivity contribution is 5.89. The van der Waals surface area contributed by atoms with Gasteiger partial charge in [-0.05, 0) is 31.5 Å². The van der Waals surface area contributed by atoms with Crippen molar-refractivity contribution in [3.8, 4) is 11.4 Å². The molecule has 0 amide bonds. The Hall–Kier alpha value is -2.23. The van der Waals surface area contributed by atoms with E-state index in [1.165, 1.54) is 0 Å². The van der Waals surface area contributed by atoms with Gasteiger partial charge in [-0.25, -0.2) is 14.8 Å². The fourth-order valence-electron chi connectivity index (χ4n) is 1.74. The predicted octanol–water partition coefficient (Wildman–Crippen LogP) is 2.71. The van der Waals surface area contributed by atoms with Crippen molar-refractivity contribution in [2.45, 2.75) is 20.3 Å². The van der Waals surface area contributed by atoms with Crippen LogP contribution in [0.5, 0.6) is 0 Å². The van der Waals surface area contributed by atoms with E-state index in [0.717, 1.165) is 23.4 Å². The second kappa shape index (κ2) is 4.96. The van der Waals surface area contributed by atoms with Crippen molar-refractivity contribution in [2.24, 2.45) is 0 Å². The molecule has 1 N–H and O–H groups in total. The van der Waals surface area contributed by atoms with Crippen LogP contribution in [0.25, 0.3) is 11.4 Å². The van der Waals surface area contributed by atoms with E-state index in [0.29, 0.717) is 5.82 Å². The number of carbonyl (C=O) groups is 1. The van der Waals surface area contributed by atoms with E-state index in [1.807, 2.05) is 26.0 Å². The highest BCUT2D eigenvalue weighted by Gasteiger charge is 2.08. The molecule has 0 aliphatic carbocycles. The molecule has 0 radical (unpaired) electrons. The molecule has 4 heteroatoms. The summed E-state index contributed by atoms with van der Waals surface area (Å²) in [7, 11) is 0. The highest BCUT2D eigenvalue weighted by atomic mass is 16.4. The lowest BCUT2D eigenvalue weighted by molar-refractivity contribution is 0.0697. The van der Waals surface area contributed by atoms with Crippen LogP contribution < -0.4 is 0 Å². The topological polar surface area (TPSA) is 63.1 Å². The average molecular weight is 242 g/mol. The van der Waals surface area contributed by atoms with Gasteiger partial charge in [0.15, 0.2) is 5.82 Å². The average Bonchev–Trinajstić information content (AvgIpc) is 2.38. The van der Waals surface area contributed by atoms with Gasteiger partial charge in [-0.1, -0.05) is 19.1 Å². The number of aryl methyl sites for hydroxylation is 2. The van der Waals surface area contributed by atoms with Gasteiger partial charge in [0.25, 0.3) is 0 Å². The number of aromatic carboxylic acids is 1. The van der Waals surface area contributed by atoms with Crippen molar-refractivity contribution in [3.05, 3.63) is 47.3 Å². The zero-order valence-electron chi connectivity index (χ0n) is 10.3. The Bertz CT molecular complexity index is 594. The lowest BCUT2D eigenvalue weighted by Gasteiger charge is -2.05. The molecule has 1 aromatic carbocycles. The number of hydrogen-bond donors (Lipinski definition) is 1. The summed E-state index contributed by atoms with van der Waals surface area (Å²) in [5.41, 5.74) is 2.82. The quantitative estimate of drug-likeness (QED) is 0.898. The first-order valence-corrected chi connectivity index (χ1v) is 5.78. The minimum atomic E-state index is -0.944. The first kappa shape index (κ1) is 12.2. The Balaban J connectivity index is 2.51. The smallest absolute Gasteiger partial charge is 0.335 e. The molecule has 1 aromatic heterocycles. The molecule has 0 saturated heterocycles. The SMILES string of the molecule is CCc1cc(C)nc(-c2cccc(C(=O)O)c2)n1. The van der Waals surface area contributed by atoms with Crippen LogP contribution in [0.15, 0.2) is 30.3 Å². The molecule has 0 fully saturated rings. The van der Waals surface area contributed by atoms with Crippen LogP contribution in [-0.2, 0) is 6.42 Å². The van der Waals surface area contributed by atoms with Gasteiger partial charge in [0.2, 0.25) is 0 Å². The van der Waals surface area contributed by atoms with Crippen LogP contribution in [0.4, 0.5) is 0 Å². The zero-order chi connectivity index (χ0) is 13.1. The van der Waals surface area contributed by atoms with E-state index in [4.69, 9.17) is 5.11 Å². The molecule has 0 aliphatic rings. The van der Waals surface area contributed by atoms with Crippen LogP contribution in [0.2, 0.25) is 0 Å². The van der Waals surface area contributed by atoms with Crippen LogP contribution in [0.3, 0.4) is 0 Å². The van der Waals surface area contributed by atoms with E-state index in [-0.39, 0.29) is 5.56 Å². The lowest BCUT2D eigenvalue weighted by atomic mass is 10.1. The van der Waals surface area contributed by atoms with Gasteiger partial charge in [0, 0.05) is 17.0 Å². The standard InChI is InChI=1S/C14H14N2O2/c1-3-12-7-9(2)15-13(16-12)10-5-4-6-11(8-10)14(17)18/h4-8H,3H2,1-2H3,(H,17,18). The maximum absolute atomic E-state index is 10.9. The molecule has 92 valence electrons. The summed E-state index contributed by atoms with van der Waals surface area (Å²) < 4.78 is 0. The number of carboxylic acid groups (broad SMARTS) is 1. The third-order valence-corrected chi connectivity index (χ3v) is 2.64. The van der Waals surface area contributed by atoms with Gasteiger partial charge in [0.1, 0.15) is 0 Å². The Morgan fingerprint density at radius 1 is 1.28 bits per heavy atom. The monoisotopic (exact) mass is 242 g/mol. The Labute approximate surface area is 105 Å². The van der Waals surface area contributed by atoms with Crippen LogP contribution >= 0.6 is 0 Å². The Kier molecular flexibility index (Phi) is 3.37. The largest absolute Gasteiger partial charge is 0.478 e. The number of carboxylic acids is 1. The number of aromatic nitrogens is 2. The second-order valence-electron chi connectivity index (χ2n) is 4.06. The Morgan fingerprint density at radius 2 is 2.06 bits per heavy atom. The fraction of sp³-hybridized carbons (Fsp3) is 0.214. The molecule has 4 nitrogen and oxygen atoms in total. The molecule has 0 aliphatic heterocycles. The van der Waals surface area contributed by atoms with Crippen molar-refractivity contribution in [2.75, 3.05) is 0 Å². The molecule has 0 saturated carbocycles. The van der Waals surface area contributed by atoms with Gasteiger partial charge in [-0.2, -0.15) is 0 Å². The van der Waals surface area contributed by atoms with Gasteiger partial charge < -0.3 is 5.11 Å². The Morgan fingerprint density at radius 3 is 2.72 bits per heavy atom. The van der Waals surface area contributed by atoms with E-state index in [1.54, 1.807) is 18.2 Å². The number of nitrogens with zero attached hydrogens (tertiary/aromatic N) is 2. The number of hydrogen-bond acceptors (Lipinski definition) is 3. The van der Waals surface area contributed by atoms with Crippen molar-refractivity contribution in [3.63, 3.8) is 0 Å². The van der Waals surface area contributed by atoms with E-state index < -0.39 is 5.97 Å².